The van der Waals surface area contributed by atoms with E-state index in [2.05, 4.69) is 53.3 Å². The highest BCUT2D eigenvalue weighted by Gasteiger charge is 2.20. The first-order chi connectivity index (χ1) is 12.6. The van der Waals surface area contributed by atoms with Crippen molar-refractivity contribution in [3.63, 3.8) is 0 Å². The lowest BCUT2D eigenvalue weighted by molar-refractivity contribution is 0.174. The zero-order valence-corrected chi connectivity index (χ0v) is 20.7. The van der Waals surface area contributed by atoms with Crippen LogP contribution in [0.25, 0.3) is 0 Å². The Morgan fingerprint density at radius 3 is 2.59 bits per heavy atom. The number of aromatic nitrogens is 1. The minimum absolute atomic E-state index is 0. The summed E-state index contributed by atoms with van der Waals surface area (Å²) in [6.45, 7) is 9.93. The van der Waals surface area contributed by atoms with Crippen molar-refractivity contribution < 1.29 is 4.52 Å². The predicted octanol–water partition coefficient (Wildman–Crippen LogP) is 3.67. The summed E-state index contributed by atoms with van der Waals surface area (Å²) in [4.78, 5) is 10.7. The maximum absolute atomic E-state index is 5.23. The topological polar surface area (TPSA) is 56.9 Å². The largest absolute Gasteiger partial charge is 0.361 e. The summed E-state index contributed by atoms with van der Waals surface area (Å²) in [5, 5.41) is 7.50. The van der Waals surface area contributed by atoms with Crippen LogP contribution in [-0.2, 0) is 13.0 Å². The van der Waals surface area contributed by atoms with Crippen molar-refractivity contribution in [2.24, 2.45) is 4.99 Å². The second-order valence-electron chi connectivity index (χ2n) is 6.50. The molecule has 0 aliphatic carbocycles. The van der Waals surface area contributed by atoms with E-state index in [-0.39, 0.29) is 24.0 Å². The Balaban J connectivity index is 0.00000261. The molecule has 0 aromatic carbocycles. The zero-order chi connectivity index (χ0) is 18.5. The van der Waals surface area contributed by atoms with Crippen molar-refractivity contribution in [2.45, 2.75) is 26.8 Å². The van der Waals surface area contributed by atoms with Gasteiger partial charge in [-0.1, -0.05) is 5.16 Å². The second kappa shape index (κ2) is 10.8. The van der Waals surface area contributed by atoms with E-state index in [4.69, 9.17) is 4.52 Å². The Morgan fingerprint density at radius 1 is 1.30 bits per heavy atom. The van der Waals surface area contributed by atoms with Gasteiger partial charge < -0.3 is 14.7 Å². The highest BCUT2D eigenvalue weighted by molar-refractivity contribution is 14.0. The van der Waals surface area contributed by atoms with Crippen molar-refractivity contribution in [2.75, 3.05) is 39.8 Å². The molecule has 1 fully saturated rings. The van der Waals surface area contributed by atoms with E-state index in [1.54, 1.807) is 0 Å². The van der Waals surface area contributed by atoms with Crippen LogP contribution in [0.5, 0.6) is 0 Å². The number of piperazine rings is 1. The summed E-state index contributed by atoms with van der Waals surface area (Å²) in [5.74, 6) is 1.89. The molecule has 0 saturated carbocycles. The van der Waals surface area contributed by atoms with Crippen molar-refractivity contribution in [3.8, 4) is 0 Å². The summed E-state index contributed by atoms with van der Waals surface area (Å²) < 4.78 is 6.43. The maximum atomic E-state index is 5.23. The van der Waals surface area contributed by atoms with Crippen LogP contribution >= 0.6 is 51.2 Å². The van der Waals surface area contributed by atoms with E-state index in [1.807, 2.05) is 32.2 Å². The Kier molecular flexibility index (Phi) is 9.03. The molecule has 0 unspecified atom stereocenters. The van der Waals surface area contributed by atoms with Crippen LogP contribution in [0.2, 0.25) is 0 Å². The molecule has 0 spiro atoms. The second-order valence-corrected chi connectivity index (χ2v) is 9.04. The first kappa shape index (κ1) is 22.6. The molecule has 150 valence electrons. The number of aryl methyl sites for hydroxylation is 2. The molecule has 0 radical (unpaired) electrons. The maximum Gasteiger partial charge on any atom is 0.193 e. The van der Waals surface area contributed by atoms with Gasteiger partial charge in [0.15, 0.2) is 5.96 Å². The molecular weight excluding hydrogens is 541 g/mol. The van der Waals surface area contributed by atoms with Gasteiger partial charge in [-0.3, -0.25) is 9.89 Å². The van der Waals surface area contributed by atoms with E-state index in [0.717, 1.165) is 63.1 Å². The van der Waals surface area contributed by atoms with Crippen LogP contribution in [-0.4, -0.2) is 60.7 Å². The fourth-order valence-corrected chi connectivity index (χ4v) is 4.79. The molecule has 2 aromatic heterocycles. The van der Waals surface area contributed by atoms with Crippen molar-refractivity contribution in [3.05, 3.63) is 37.8 Å². The number of rotatable bonds is 5. The van der Waals surface area contributed by atoms with Gasteiger partial charge >= 0.3 is 0 Å². The molecule has 6 nitrogen and oxygen atoms in total. The van der Waals surface area contributed by atoms with E-state index >= 15 is 0 Å². The van der Waals surface area contributed by atoms with Crippen LogP contribution in [0.3, 0.4) is 0 Å². The van der Waals surface area contributed by atoms with E-state index in [0.29, 0.717) is 0 Å². The van der Waals surface area contributed by atoms with Crippen LogP contribution in [0.15, 0.2) is 25.4 Å². The van der Waals surface area contributed by atoms with E-state index < -0.39 is 0 Å². The van der Waals surface area contributed by atoms with Crippen LogP contribution in [0.4, 0.5) is 0 Å². The molecule has 0 amide bonds. The zero-order valence-electron chi connectivity index (χ0n) is 16.0. The normalized spacial score (nSPS) is 15.7. The lowest BCUT2D eigenvalue weighted by Gasteiger charge is -2.36. The number of hydrogen-bond donors (Lipinski definition) is 1. The number of aliphatic imine (C=N–C) groups is 1. The first-order valence-electron chi connectivity index (χ1n) is 8.90. The number of hydrogen-bond acceptors (Lipinski definition) is 5. The first-order valence-corrected chi connectivity index (χ1v) is 10.5. The van der Waals surface area contributed by atoms with Gasteiger partial charge in [0.1, 0.15) is 5.76 Å². The van der Waals surface area contributed by atoms with E-state index in [1.165, 1.54) is 14.2 Å². The van der Waals surface area contributed by atoms with Gasteiger partial charge in [0.25, 0.3) is 0 Å². The summed E-state index contributed by atoms with van der Waals surface area (Å²) in [6.07, 6.45) is 0.896. The summed E-state index contributed by atoms with van der Waals surface area (Å²) in [5.41, 5.74) is 2.17. The van der Waals surface area contributed by atoms with Gasteiger partial charge in [0, 0.05) is 56.8 Å². The van der Waals surface area contributed by atoms with Crippen LogP contribution in [0.1, 0.15) is 21.9 Å². The predicted molar refractivity (Wildman–Crippen MR) is 125 cm³/mol. The Bertz CT molecular complexity index is 735. The molecule has 0 bridgehead atoms. The molecule has 9 heteroatoms. The molecule has 3 rings (SSSR count). The third-order valence-electron chi connectivity index (χ3n) is 4.73. The summed E-state index contributed by atoms with van der Waals surface area (Å²) >= 11 is 5.36. The van der Waals surface area contributed by atoms with Gasteiger partial charge in [-0.25, -0.2) is 0 Å². The number of nitrogens with one attached hydrogen (secondary N) is 1. The third-order valence-corrected chi connectivity index (χ3v) is 6.34. The monoisotopic (exact) mass is 567 g/mol. The highest BCUT2D eigenvalue weighted by atomic mass is 127. The summed E-state index contributed by atoms with van der Waals surface area (Å²) in [7, 11) is 1.85. The smallest absolute Gasteiger partial charge is 0.193 e. The van der Waals surface area contributed by atoms with E-state index in [9.17, 15) is 0 Å². The van der Waals surface area contributed by atoms with Gasteiger partial charge in [-0.05, 0) is 48.3 Å². The van der Waals surface area contributed by atoms with Crippen LogP contribution in [0, 0.1) is 13.8 Å². The average Bonchev–Trinajstić information content (AvgIpc) is 3.19. The molecule has 27 heavy (non-hydrogen) atoms. The van der Waals surface area contributed by atoms with Crippen molar-refractivity contribution in [1.82, 2.24) is 20.3 Å². The summed E-state index contributed by atoms with van der Waals surface area (Å²) in [6, 6.07) is 4.33. The number of guanidine groups is 1. The molecule has 1 aliphatic heterocycles. The lowest BCUT2D eigenvalue weighted by Crippen LogP contribution is -2.52. The fourth-order valence-electron chi connectivity index (χ4n) is 3.27. The highest BCUT2D eigenvalue weighted by Crippen LogP contribution is 2.23. The quantitative estimate of drug-likeness (QED) is 0.339. The van der Waals surface area contributed by atoms with Gasteiger partial charge in [0.2, 0.25) is 0 Å². The molecule has 2 aromatic rings. The average molecular weight is 568 g/mol. The minimum Gasteiger partial charge on any atom is -0.361 e. The van der Waals surface area contributed by atoms with Crippen LogP contribution < -0.4 is 5.32 Å². The molecule has 3 heterocycles. The van der Waals surface area contributed by atoms with Gasteiger partial charge in [-0.2, -0.15) is 0 Å². The Hall–Kier alpha value is -0.650. The van der Waals surface area contributed by atoms with Gasteiger partial charge in [0.05, 0.1) is 9.48 Å². The Labute approximate surface area is 190 Å². The molecule has 1 saturated heterocycles. The number of nitrogens with zero attached hydrogens (tertiary/aromatic N) is 4. The third kappa shape index (κ3) is 6.16. The standard InChI is InChI=1S/C18H26BrN5OS.HI/c1-13-16(14(2)25-22-13)6-7-21-18(20-3)24-10-8-23(9-11-24)12-15-4-5-17(19)26-15;/h4-5H,6-12H2,1-3H3,(H,20,21);1H. The van der Waals surface area contributed by atoms with Crippen molar-refractivity contribution >= 4 is 57.2 Å². The Morgan fingerprint density at radius 2 is 2.04 bits per heavy atom. The molecule has 1 N–H and O–H groups in total. The minimum atomic E-state index is 0. The molecule has 0 atom stereocenters. The SMILES string of the molecule is CN=C(NCCc1c(C)noc1C)N1CCN(Cc2ccc(Br)s2)CC1.I. The molecule has 1 aliphatic rings. The number of thiophene rings is 1. The van der Waals surface area contributed by atoms with Gasteiger partial charge in [-0.15, -0.1) is 35.3 Å². The lowest BCUT2D eigenvalue weighted by atomic mass is 10.1. The molecular formula is C18H27BrIN5OS. The van der Waals surface area contributed by atoms with Crippen molar-refractivity contribution in [1.29, 1.82) is 0 Å². The fraction of sp³-hybridized carbons (Fsp3) is 0.556. The number of halogens is 2.